The van der Waals surface area contributed by atoms with Crippen LogP contribution in [0.15, 0.2) is 97.6 Å². The maximum Gasteiger partial charge on any atom is 0.373 e. The second-order valence-electron chi connectivity index (χ2n) is 6.87. The molecule has 2 heterocycles. The van der Waals surface area contributed by atoms with Crippen LogP contribution in [0.5, 0.6) is 0 Å². The molecule has 0 aliphatic rings. The topological polar surface area (TPSA) is 151 Å². The van der Waals surface area contributed by atoms with Crippen LogP contribution in [-0.4, -0.2) is 34.5 Å². The van der Waals surface area contributed by atoms with Crippen molar-refractivity contribution in [2.24, 2.45) is 0 Å². The summed E-state index contributed by atoms with van der Waals surface area (Å²) >= 11 is 0. The summed E-state index contributed by atoms with van der Waals surface area (Å²) in [6.07, 6.45) is 8.03. The molecule has 0 radical (unpaired) electrons. The molecule has 0 bridgehead atoms. The molecule has 2 aromatic heterocycles. The maximum absolute atomic E-state index is 11.3. The van der Waals surface area contributed by atoms with Crippen molar-refractivity contribution in [2.75, 3.05) is 0 Å². The first-order valence-electron chi connectivity index (χ1n) is 10.0. The van der Waals surface area contributed by atoms with Gasteiger partial charge in [-0.25, -0.2) is 9.59 Å². The number of nitrogens with zero attached hydrogens (tertiary/aromatic N) is 2. The first-order valence-corrected chi connectivity index (χ1v) is 10.0. The summed E-state index contributed by atoms with van der Waals surface area (Å²) in [5.41, 5.74) is 3.40. The lowest BCUT2D eigenvalue weighted by molar-refractivity contribution is -0.596. The minimum absolute atomic E-state index is 0.0741. The number of carbonyl (C=O) groups excluding carboxylic acids is 4. The summed E-state index contributed by atoms with van der Waals surface area (Å²) in [6, 6.07) is 21.9. The highest BCUT2D eigenvalue weighted by Crippen LogP contribution is 2.17. The van der Waals surface area contributed by atoms with Crippen molar-refractivity contribution in [3.63, 3.8) is 0 Å². The Morgan fingerprint density at radius 1 is 0.556 bits per heavy atom. The van der Waals surface area contributed by atoms with Crippen molar-refractivity contribution < 1.29 is 48.1 Å². The van der Waals surface area contributed by atoms with Gasteiger partial charge in [-0.15, -0.1) is 0 Å². The van der Waals surface area contributed by atoms with Crippen molar-refractivity contribution in [3.05, 3.63) is 109 Å². The molecular weight excluding hydrogens is 468 g/mol. The van der Waals surface area contributed by atoms with E-state index >= 15 is 0 Å². The predicted octanol–water partition coefficient (Wildman–Crippen LogP) is 2.14. The number of hydrogen-bond donors (Lipinski definition) is 2. The van der Waals surface area contributed by atoms with Gasteiger partial charge < -0.3 is 10.2 Å². The van der Waals surface area contributed by atoms with E-state index < -0.39 is 11.9 Å². The lowest BCUT2D eigenvalue weighted by Crippen LogP contribution is -2.30. The Balaban J connectivity index is 0.000000693. The largest absolute Gasteiger partial charge is 0.478 e. The molecule has 0 saturated heterocycles. The zero-order valence-electron chi connectivity index (χ0n) is 18.5. The number of benzene rings is 2. The maximum atomic E-state index is 11.3. The van der Waals surface area contributed by atoms with Crippen molar-refractivity contribution in [2.45, 2.75) is 0 Å². The van der Waals surface area contributed by atoms with Gasteiger partial charge in [0.1, 0.15) is 0 Å². The molecule has 178 valence electrons. The molecular formula is C26H18N2O8+2. The van der Waals surface area contributed by atoms with E-state index in [1.807, 2.05) is 71.6 Å². The molecule has 2 aromatic carbocycles. The number of carboxylic acids is 2. The van der Waals surface area contributed by atoms with Crippen LogP contribution in [0.4, 0.5) is 0 Å². The summed E-state index contributed by atoms with van der Waals surface area (Å²) in [4.78, 5) is 55.1. The molecule has 2 N–H and O–H groups in total. The quantitative estimate of drug-likeness (QED) is 0.407. The lowest BCUT2D eigenvalue weighted by atomic mass is 10.1. The summed E-state index contributed by atoms with van der Waals surface area (Å²) in [5, 5.41) is 18.5. The van der Waals surface area contributed by atoms with E-state index in [4.69, 9.17) is 19.2 Å². The van der Waals surface area contributed by atoms with Crippen molar-refractivity contribution in [1.29, 1.82) is 0 Å². The standard InChI is InChI=1S/C24H16N2O4.2CO2/c27-23(28)19-14-20(24(29)30)16-22(15-19)26-12-8-18(9-13-26)17-6-10-25(11-7-17)21-4-2-1-3-5-21;2*2-1-3/h1-16H;;/p+2. The van der Waals surface area contributed by atoms with E-state index in [0.29, 0.717) is 5.69 Å². The number of pyridine rings is 2. The number of aromatic carboxylic acids is 2. The van der Waals surface area contributed by atoms with Crippen LogP contribution >= 0.6 is 0 Å². The van der Waals surface area contributed by atoms with Crippen molar-refractivity contribution in [1.82, 2.24) is 0 Å². The fraction of sp³-hybridized carbons (Fsp3) is 0. The smallest absolute Gasteiger partial charge is 0.373 e. The van der Waals surface area contributed by atoms with Crippen LogP contribution < -0.4 is 9.13 Å². The van der Waals surface area contributed by atoms with Gasteiger partial charge in [-0.05, 0) is 17.2 Å². The highest BCUT2D eigenvalue weighted by atomic mass is 16.4. The Labute approximate surface area is 203 Å². The van der Waals surface area contributed by atoms with Gasteiger partial charge in [0, 0.05) is 48.5 Å². The van der Waals surface area contributed by atoms with Crippen LogP contribution in [0, 0.1) is 0 Å². The first kappa shape index (κ1) is 26.7. The first-order chi connectivity index (χ1) is 17.3. The Morgan fingerprint density at radius 3 is 1.28 bits per heavy atom. The number of rotatable bonds is 5. The molecule has 10 heteroatoms. The molecule has 0 aliphatic carbocycles. The Kier molecular flexibility index (Phi) is 9.80. The van der Waals surface area contributed by atoms with E-state index in [0.717, 1.165) is 22.9 Å². The molecule has 0 unspecified atom stereocenters. The number of hydrogen-bond acceptors (Lipinski definition) is 6. The van der Waals surface area contributed by atoms with Gasteiger partial charge in [-0.3, -0.25) is 0 Å². The second-order valence-corrected chi connectivity index (χ2v) is 6.87. The van der Waals surface area contributed by atoms with Crippen LogP contribution in [-0.2, 0) is 19.2 Å². The minimum Gasteiger partial charge on any atom is -0.478 e. The molecule has 0 saturated carbocycles. The van der Waals surface area contributed by atoms with Gasteiger partial charge in [0.25, 0.3) is 0 Å². The third-order valence-electron chi connectivity index (χ3n) is 4.76. The van der Waals surface area contributed by atoms with Gasteiger partial charge in [0.05, 0.1) is 11.1 Å². The lowest BCUT2D eigenvalue weighted by Gasteiger charge is -2.03. The van der Waals surface area contributed by atoms with E-state index in [2.05, 4.69) is 0 Å². The highest BCUT2D eigenvalue weighted by Gasteiger charge is 2.17. The van der Waals surface area contributed by atoms with Gasteiger partial charge in [0.15, 0.2) is 24.8 Å². The SMILES string of the molecule is O=C(O)c1cc(C(=O)O)cc(-[n+]2ccc(-c3cc[n+](-c4ccccc4)cc3)cc2)c1.O=C=O.O=C=O. The monoisotopic (exact) mass is 486 g/mol. The van der Waals surface area contributed by atoms with E-state index in [1.54, 1.807) is 17.0 Å². The number of aromatic nitrogens is 2. The Morgan fingerprint density at radius 2 is 0.917 bits per heavy atom. The van der Waals surface area contributed by atoms with Crippen molar-refractivity contribution >= 4 is 24.2 Å². The number of carbonyl (C=O) groups is 2. The number of carboxylic acid groups (broad SMARTS) is 2. The Hall–Kier alpha value is -5.56. The van der Waals surface area contributed by atoms with Crippen molar-refractivity contribution in [3.8, 4) is 22.5 Å². The van der Waals surface area contributed by atoms with Gasteiger partial charge in [0.2, 0.25) is 11.4 Å². The van der Waals surface area contributed by atoms with Gasteiger partial charge >= 0.3 is 24.2 Å². The van der Waals surface area contributed by atoms with E-state index in [-0.39, 0.29) is 23.4 Å². The normalized spacial score (nSPS) is 9.22. The van der Waals surface area contributed by atoms with Crippen LogP contribution in [0.1, 0.15) is 20.7 Å². The number of para-hydroxylation sites is 1. The van der Waals surface area contributed by atoms with E-state index in [9.17, 15) is 19.8 Å². The fourth-order valence-electron chi connectivity index (χ4n) is 3.19. The van der Waals surface area contributed by atoms with Crippen LogP contribution in [0.25, 0.3) is 22.5 Å². The molecule has 36 heavy (non-hydrogen) atoms. The average molecular weight is 486 g/mol. The molecule has 0 aliphatic heterocycles. The summed E-state index contributed by atoms with van der Waals surface area (Å²) < 4.78 is 3.72. The average Bonchev–Trinajstić information content (AvgIpc) is 2.90. The molecule has 0 atom stereocenters. The minimum atomic E-state index is -1.17. The second kappa shape index (κ2) is 13.2. The summed E-state index contributed by atoms with van der Waals surface area (Å²) in [7, 11) is 0. The van der Waals surface area contributed by atoms with Gasteiger partial charge in [-0.1, -0.05) is 18.2 Å². The molecule has 0 fully saturated rings. The zero-order chi connectivity index (χ0) is 26.5. The summed E-state index contributed by atoms with van der Waals surface area (Å²) in [5.74, 6) is -2.35. The Bertz CT molecular complexity index is 1360. The summed E-state index contributed by atoms with van der Waals surface area (Å²) in [6.45, 7) is 0. The van der Waals surface area contributed by atoms with Crippen LogP contribution in [0.3, 0.4) is 0 Å². The predicted molar refractivity (Wildman–Crippen MR) is 119 cm³/mol. The third kappa shape index (κ3) is 7.23. The van der Waals surface area contributed by atoms with Crippen LogP contribution in [0.2, 0.25) is 0 Å². The van der Waals surface area contributed by atoms with Gasteiger partial charge in [-0.2, -0.15) is 28.3 Å². The molecule has 0 amide bonds. The highest BCUT2D eigenvalue weighted by molar-refractivity contribution is 5.94. The molecule has 4 rings (SSSR count). The van der Waals surface area contributed by atoms with E-state index in [1.165, 1.54) is 12.1 Å². The molecule has 10 nitrogen and oxygen atoms in total. The zero-order valence-corrected chi connectivity index (χ0v) is 18.5. The molecule has 4 aromatic rings. The molecule has 0 spiro atoms. The third-order valence-corrected chi connectivity index (χ3v) is 4.76. The fourth-order valence-corrected chi connectivity index (χ4v) is 3.19.